The Bertz CT molecular complexity index is 421. The van der Waals surface area contributed by atoms with E-state index in [4.69, 9.17) is 15.2 Å². The van der Waals surface area contributed by atoms with Gasteiger partial charge in [0.05, 0.1) is 25.6 Å². The topological polar surface area (TPSA) is 83.7 Å². The van der Waals surface area contributed by atoms with E-state index in [1.807, 2.05) is 0 Å². The molecule has 0 spiro atoms. The summed E-state index contributed by atoms with van der Waals surface area (Å²) in [6.07, 6.45) is 1.43. The molecule has 0 bridgehead atoms. The fourth-order valence-corrected chi connectivity index (χ4v) is 1.36. The standard InChI is InChI=1S/C13H20N2O4/c1-9(2)8-18-4-5-19-12-11(13(16)17-3)6-10(14)7-15-12/h6-7,9H,4-5,8,14H2,1-3H3. The molecule has 1 heterocycles. The highest BCUT2D eigenvalue weighted by atomic mass is 16.5. The van der Waals surface area contributed by atoms with E-state index in [1.165, 1.54) is 19.4 Å². The number of anilines is 1. The highest BCUT2D eigenvalue weighted by Crippen LogP contribution is 2.18. The lowest BCUT2D eigenvalue weighted by Gasteiger charge is -2.10. The maximum Gasteiger partial charge on any atom is 0.343 e. The van der Waals surface area contributed by atoms with Crippen LogP contribution in [0.2, 0.25) is 0 Å². The Hall–Kier alpha value is -1.82. The summed E-state index contributed by atoms with van der Waals surface area (Å²) in [6, 6.07) is 1.48. The molecule has 6 nitrogen and oxygen atoms in total. The number of nitrogens with two attached hydrogens (primary N) is 1. The molecule has 2 N–H and O–H groups in total. The molecule has 0 amide bonds. The van der Waals surface area contributed by atoms with Crippen molar-refractivity contribution in [3.05, 3.63) is 17.8 Å². The van der Waals surface area contributed by atoms with Gasteiger partial charge in [-0.2, -0.15) is 0 Å². The minimum Gasteiger partial charge on any atom is -0.475 e. The van der Waals surface area contributed by atoms with E-state index >= 15 is 0 Å². The van der Waals surface area contributed by atoms with Crippen LogP contribution in [0.15, 0.2) is 12.3 Å². The van der Waals surface area contributed by atoms with Crippen molar-refractivity contribution in [3.63, 3.8) is 0 Å². The van der Waals surface area contributed by atoms with Crippen LogP contribution in [0.3, 0.4) is 0 Å². The van der Waals surface area contributed by atoms with Gasteiger partial charge in [-0.15, -0.1) is 0 Å². The van der Waals surface area contributed by atoms with Crippen molar-refractivity contribution in [2.45, 2.75) is 13.8 Å². The molecule has 0 aromatic carbocycles. The number of esters is 1. The number of hydrogen-bond acceptors (Lipinski definition) is 6. The molecule has 1 aromatic heterocycles. The zero-order chi connectivity index (χ0) is 14.3. The van der Waals surface area contributed by atoms with E-state index in [0.29, 0.717) is 31.4 Å². The number of carbonyl (C=O) groups is 1. The number of aromatic nitrogens is 1. The van der Waals surface area contributed by atoms with Crippen LogP contribution in [-0.2, 0) is 9.47 Å². The van der Waals surface area contributed by atoms with Crippen LogP contribution in [0, 0.1) is 5.92 Å². The van der Waals surface area contributed by atoms with Gasteiger partial charge in [0.1, 0.15) is 12.2 Å². The monoisotopic (exact) mass is 268 g/mol. The summed E-state index contributed by atoms with van der Waals surface area (Å²) in [5, 5.41) is 0. The average Bonchev–Trinajstić information content (AvgIpc) is 2.38. The minimum absolute atomic E-state index is 0.203. The summed E-state index contributed by atoms with van der Waals surface area (Å²) in [5.74, 6) is 0.146. The predicted octanol–water partition coefficient (Wildman–Crippen LogP) is 1.50. The maximum atomic E-state index is 11.5. The zero-order valence-electron chi connectivity index (χ0n) is 11.5. The lowest BCUT2D eigenvalue weighted by atomic mass is 10.2. The highest BCUT2D eigenvalue weighted by molar-refractivity contribution is 5.92. The molecule has 1 aromatic rings. The van der Waals surface area contributed by atoms with E-state index < -0.39 is 5.97 Å². The van der Waals surface area contributed by atoms with Gasteiger partial charge in [0.2, 0.25) is 5.88 Å². The summed E-state index contributed by atoms with van der Waals surface area (Å²) in [6.45, 7) is 5.55. The van der Waals surface area contributed by atoms with Gasteiger partial charge in [0, 0.05) is 6.61 Å². The smallest absolute Gasteiger partial charge is 0.343 e. The first-order valence-electron chi connectivity index (χ1n) is 6.09. The number of methoxy groups -OCH3 is 1. The first-order chi connectivity index (χ1) is 9.04. The predicted molar refractivity (Wildman–Crippen MR) is 71.1 cm³/mol. The molecule has 0 fully saturated rings. The Morgan fingerprint density at radius 2 is 2.16 bits per heavy atom. The Labute approximate surface area is 112 Å². The molecule has 106 valence electrons. The van der Waals surface area contributed by atoms with E-state index in [2.05, 4.69) is 23.6 Å². The van der Waals surface area contributed by atoms with E-state index in [0.717, 1.165) is 0 Å². The lowest BCUT2D eigenvalue weighted by molar-refractivity contribution is 0.0584. The third-order valence-electron chi connectivity index (χ3n) is 2.20. The third-order valence-corrected chi connectivity index (χ3v) is 2.20. The van der Waals surface area contributed by atoms with E-state index in [1.54, 1.807) is 0 Å². The molecule has 1 rings (SSSR count). The van der Waals surface area contributed by atoms with E-state index in [-0.39, 0.29) is 11.4 Å². The Morgan fingerprint density at radius 3 is 2.79 bits per heavy atom. The average molecular weight is 268 g/mol. The second-order valence-corrected chi connectivity index (χ2v) is 4.43. The van der Waals surface area contributed by atoms with Crippen LogP contribution in [0.5, 0.6) is 5.88 Å². The number of pyridine rings is 1. The first kappa shape index (κ1) is 15.2. The van der Waals surface area contributed by atoms with Gasteiger partial charge in [0.25, 0.3) is 0 Å². The van der Waals surface area contributed by atoms with Gasteiger partial charge in [-0.05, 0) is 12.0 Å². The molecule has 0 saturated heterocycles. The highest BCUT2D eigenvalue weighted by Gasteiger charge is 2.15. The molecule has 0 aliphatic rings. The van der Waals surface area contributed by atoms with Gasteiger partial charge in [-0.25, -0.2) is 9.78 Å². The van der Waals surface area contributed by atoms with E-state index in [9.17, 15) is 4.79 Å². The lowest BCUT2D eigenvalue weighted by Crippen LogP contribution is -2.13. The van der Waals surface area contributed by atoms with Crippen molar-refractivity contribution in [2.75, 3.05) is 32.7 Å². The van der Waals surface area contributed by atoms with Gasteiger partial charge in [-0.3, -0.25) is 0 Å². The maximum absolute atomic E-state index is 11.5. The van der Waals surface area contributed by atoms with Crippen LogP contribution < -0.4 is 10.5 Å². The number of nitrogen functional groups attached to an aromatic ring is 1. The summed E-state index contributed by atoms with van der Waals surface area (Å²) in [5.41, 5.74) is 6.17. The normalized spacial score (nSPS) is 10.5. The van der Waals surface area contributed by atoms with Crippen LogP contribution >= 0.6 is 0 Å². The van der Waals surface area contributed by atoms with Gasteiger partial charge in [0.15, 0.2) is 0 Å². The molecule has 0 aliphatic carbocycles. The van der Waals surface area contributed by atoms with Gasteiger partial charge < -0.3 is 19.9 Å². The van der Waals surface area contributed by atoms with Crippen molar-refractivity contribution in [3.8, 4) is 5.88 Å². The number of nitrogens with zero attached hydrogens (tertiary/aromatic N) is 1. The molecular weight excluding hydrogens is 248 g/mol. The summed E-state index contributed by atoms with van der Waals surface area (Å²) < 4.78 is 15.4. The van der Waals surface area contributed by atoms with Crippen LogP contribution in [0.25, 0.3) is 0 Å². The van der Waals surface area contributed by atoms with Crippen LogP contribution in [0.4, 0.5) is 5.69 Å². The molecule has 0 atom stereocenters. The molecule has 6 heteroatoms. The zero-order valence-corrected chi connectivity index (χ0v) is 11.5. The molecule has 0 aliphatic heterocycles. The molecule has 0 radical (unpaired) electrons. The number of ether oxygens (including phenoxy) is 3. The van der Waals surface area contributed by atoms with Crippen molar-refractivity contribution >= 4 is 11.7 Å². The summed E-state index contributed by atoms with van der Waals surface area (Å²) in [7, 11) is 1.29. The Balaban J connectivity index is 2.55. The SMILES string of the molecule is COC(=O)c1cc(N)cnc1OCCOCC(C)C. The largest absolute Gasteiger partial charge is 0.475 e. The molecule has 0 saturated carbocycles. The quantitative estimate of drug-likeness (QED) is 0.596. The third kappa shape index (κ3) is 5.13. The summed E-state index contributed by atoms with van der Waals surface area (Å²) >= 11 is 0. The second-order valence-electron chi connectivity index (χ2n) is 4.43. The fraction of sp³-hybridized carbons (Fsp3) is 0.538. The summed E-state index contributed by atoms with van der Waals surface area (Å²) in [4.78, 5) is 15.5. The minimum atomic E-state index is -0.530. The Morgan fingerprint density at radius 1 is 1.42 bits per heavy atom. The van der Waals surface area contributed by atoms with Crippen molar-refractivity contribution in [2.24, 2.45) is 5.92 Å². The Kier molecular flexibility index (Phi) is 6.08. The van der Waals surface area contributed by atoms with Crippen molar-refractivity contribution in [1.82, 2.24) is 4.98 Å². The second kappa shape index (κ2) is 7.58. The number of rotatable bonds is 7. The van der Waals surface area contributed by atoms with Crippen LogP contribution in [0.1, 0.15) is 24.2 Å². The fourth-order valence-electron chi connectivity index (χ4n) is 1.36. The molecular formula is C13H20N2O4. The van der Waals surface area contributed by atoms with Crippen molar-refractivity contribution < 1.29 is 19.0 Å². The van der Waals surface area contributed by atoms with Gasteiger partial charge in [-0.1, -0.05) is 13.8 Å². The number of hydrogen-bond donors (Lipinski definition) is 1. The molecule has 0 unspecified atom stereocenters. The van der Waals surface area contributed by atoms with Crippen LogP contribution in [-0.4, -0.2) is 37.9 Å². The van der Waals surface area contributed by atoms with Gasteiger partial charge >= 0.3 is 5.97 Å². The molecule has 19 heavy (non-hydrogen) atoms. The first-order valence-corrected chi connectivity index (χ1v) is 6.09. The van der Waals surface area contributed by atoms with Crippen molar-refractivity contribution in [1.29, 1.82) is 0 Å². The number of carbonyl (C=O) groups excluding carboxylic acids is 1.